The largest absolute Gasteiger partial charge is 0.497 e. The molecule has 2 atom stereocenters. The van der Waals surface area contributed by atoms with Crippen molar-refractivity contribution < 1.29 is 28.8 Å². The maximum absolute atomic E-state index is 13.6. The number of imide groups is 1. The number of amides is 3. The molecule has 11 heteroatoms. The predicted molar refractivity (Wildman–Crippen MR) is 129 cm³/mol. The molecule has 1 saturated heterocycles. The summed E-state index contributed by atoms with van der Waals surface area (Å²) >= 11 is 6.03. The highest BCUT2D eigenvalue weighted by molar-refractivity contribution is 6.30. The number of benzene rings is 3. The molecule has 10 nitrogen and oxygen atoms in total. The molecule has 5 rings (SSSR count). The van der Waals surface area contributed by atoms with Crippen LogP contribution in [0.5, 0.6) is 11.5 Å². The van der Waals surface area contributed by atoms with E-state index < -0.39 is 34.7 Å². The number of non-ortho nitro benzene ring substituents is 1. The summed E-state index contributed by atoms with van der Waals surface area (Å²) in [5.74, 6) is -1.08. The summed E-state index contributed by atoms with van der Waals surface area (Å²) in [5.41, 5.74) is 0.565. The second kappa shape index (κ2) is 8.65. The van der Waals surface area contributed by atoms with Crippen molar-refractivity contribution in [3.63, 3.8) is 0 Å². The van der Waals surface area contributed by atoms with Gasteiger partial charge in [-0.05, 0) is 48.5 Å². The van der Waals surface area contributed by atoms with E-state index >= 15 is 0 Å². The average molecular weight is 508 g/mol. The third-order valence-corrected chi connectivity index (χ3v) is 6.57. The third-order valence-electron chi connectivity index (χ3n) is 6.32. The number of carbonyl (C=O) groups is 3. The molecule has 0 bridgehead atoms. The van der Waals surface area contributed by atoms with Gasteiger partial charge in [-0.25, -0.2) is 0 Å². The summed E-state index contributed by atoms with van der Waals surface area (Å²) in [6.45, 7) is 0. The van der Waals surface area contributed by atoms with Gasteiger partial charge in [0.2, 0.25) is 0 Å². The van der Waals surface area contributed by atoms with Crippen molar-refractivity contribution in [3.05, 3.63) is 92.5 Å². The Morgan fingerprint density at radius 1 is 0.833 bits per heavy atom. The number of rotatable bonds is 6. The number of carbonyl (C=O) groups excluding carboxylic acids is 3. The molecule has 0 aromatic heterocycles. The van der Waals surface area contributed by atoms with Gasteiger partial charge in [-0.2, -0.15) is 0 Å². The van der Waals surface area contributed by atoms with Gasteiger partial charge in [0.25, 0.3) is 23.4 Å². The molecule has 2 heterocycles. The van der Waals surface area contributed by atoms with Crippen molar-refractivity contribution in [1.29, 1.82) is 0 Å². The summed E-state index contributed by atoms with van der Waals surface area (Å²) in [6, 6.07) is 13.0. The lowest BCUT2D eigenvalue weighted by Crippen LogP contribution is -2.67. The zero-order valence-electron chi connectivity index (χ0n) is 19.0. The van der Waals surface area contributed by atoms with Crippen LogP contribution in [0.1, 0.15) is 32.3 Å². The van der Waals surface area contributed by atoms with E-state index in [9.17, 15) is 24.5 Å². The number of nitro benzene ring substituents is 1. The number of β-lactam (4-membered cyclic amide) rings is 1. The molecule has 182 valence electrons. The Bertz CT molecular complexity index is 1440. The molecule has 0 unspecified atom stereocenters. The monoisotopic (exact) mass is 507 g/mol. The first-order valence-corrected chi connectivity index (χ1v) is 11.1. The molecule has 3 amide bonds. The van der Waals surface area contributed by atoms with E-state index in [2.05, 4.69) is 0 Å². The average Bonchev–Trinajstić information content (AvgIpc) is 3.12. The minimum Gasteiger partial charge on any atom is -0.497 e. The highest BCUT2D eigenvalue weighted by Crippen LogP contribution is 2.47. The Morgan fingerprint density at radius 3 is 2.17 bits per heavy atom. The maximum Gasteiger partial charge on any atom is 0.270 e. The highest BCUT2D eigenvalue weighted by atomic mass is 35.5. The van der Waals surface area contributed by atoms with E-state index in [1.54, 1.807) is 42.5 Å². The van der Waals surface area contributed by atoms with Crippen LogP contribution in [0.4, 0.5) is 11.4 Å². The fourth-order valence-electron chi connectivity index (χ4n) is 4.61. The van der Waals surface area contributed by atoms with Crippen molar-refractivity contribution in [2.45, 2.75) is 12.1 Å². The van der Waals surface area contributed by atoms with E-state index in [0.29, 0.717) is 27.8 Å². The Labute approximate surface area is 209 Å². The van der Waals surface area contributed by atoms with Gasteiger partial charge < -0.3 is 14.4 Å². The van der Waals surface area contributed by atoms with Crippen LogP contribution in [-0.2, 0) is 4.79 Å². The van der Waals surface area contributed by atoms with Gasteiger partial charge >= 0.3 is 0 Å². The van der Waals surface area contributed by atoms with Gasteiger partial charge in [-0.3, -0.25) is 29.4 Å². The van der Waals surface area contributed by atoms with Crippen molar-refractivity contribution in [3.8, 4) is 11.5 Å². The molecule has 1 fully saturated rings. The second-order valence-electron chi connectivity index (χ2n) is 8.15. The molecule has 2 aliphatic rings. The van der Waals surface area contributed by atoms with Gasteiger partial charge in [-0.1, -0.05) is 11.6 Å². The second-order valence-corrected chi connectivity index (χ2v) is 8.59. The molecule has 36 heavy (non-hydrogen) atoms. The number of hydrogen-bond donors (Lipinski definition) is 0. The minimum absolute atomic E-state index is 0.000278. The SMILES string of the molecule is COc1ccc(OC)c([C@H]2[C@H](N3C(=O)c4ccc([N+](=O)[O-])cc4C3=O)C(=O)N2c2ccc(Cl)cc2)c1. The first kappa shape index (κ1) is 23.3. The van der Waals surface area contributed by atoms with Crippen molar-refractivity contribution in [2.75, 3.05) is 19.1 Å². The van der Waals surface area contributed by atoms with E-state index in [-0.39, 0.29) is 16.8 Å². The molecule has 3 aromatic carbocycles. The topological polar surface area (TPSA) is 119 Å². The fraction of sp³-hybridized carbons (Fsp3) is 0.160. The first-order valence-electron chi connectivity index (χ1n) is 10.7. The minimum atomic E-state index is -1.21. The Balaban J connectivity index is 1.63. The molecule has 0 spiro atoms. The number of ether oxygens (including phenoxy) is 2. The Hall–Kier alpha value is -4.44. The maximum atomic E-state index is 13.6. The van der Waals surface area contributed by atoms with E-state index in [1.165, 1.54) is 25.2 Å². The lowest BCUT2D eigenvalue weighted by atomic mass is 9.85. The number of nitro groups is 1. The first-order chi connectivity index (χ1) is 17.3. The van der Waals surface area contributed by atoms with Crippen LogP contribution in [0.25, 0.3) is 0 Å². The molecule has 2 aliphatic heterocycles. The van der Waals surface area contributed by atoms with Gasteiger partial charge in [0.15, 0.2) is 0 Å². The quantitative estimate of drug-likeness (QED) is 0.214. The zero-order chi connectivity index (χ0) is 25.7. The predicted octanol–water partition coefficient (Wildman–Crippen LogP) is 4.02. The normalized spacial score (nSPS) is 18.7. The smallest absolute Gasteiger partial charge is 0.270 e. The molecule has 3 aromatic rings. The van der Waals surface area contributed by atoms with Crippen LogP contribution in [-0.4, -0.2) is 47.8 Å². The van der Waals surface area contributed by atoms with Gasteiger partial charge in [0.05, 0.1) is 36.3 Å². The standard InChI is InChI=1S/C25H18ClN3O7/c1-35-16-8-10-20(36-2)19(12-16)21-22(25(32)27(21)14-5-3-13(26)4-6-14)28-23(30)17-9-7-15(29(33)34)11-18(17)24(28)31/h3-12,21-22H,1-2H3/t21-,22-/m0/s1. The van der Waals surface area contributed by atoms with E-state index in [0.717, 1.165) is 17.0 Å². The summed E-state index contributed by atoms with van der Waals surface area (Å²) in [6.07, 6.45) is 0. The lowest BCUT2D eigenvalue weighted by molar-refractivity contribution is -0.384. The van der Waals surface area contributed by atoms with Crippen LogP contribution in [0.2, 0.25) is 5.02 Å². The third kappa shape index (κ3) is 3.45. The van der Waals surface area contributed by atoms with Gasteiger partial charge in [0, 0.05) is 28.4 Å². The number of anilines is 1. The van der Waals surface area contributed by atoms with Crippen LogP contribution in [0.15, 0.2) is 60.7 Å². The number of nitrogens with zero attached hydrogens (tertiary/aromatic N) is 3. The van der Waals surface area contributed by atoms with Crippen molar-refractivity contribution in [2.24, 2.45) is 0 Å². The summed E-state index contributed by atoms with van der Waals surface area (Å²) in [7, 11) is 2.96. The van der Waals surface area contributed by atoms with Crippen LogP contribution < -0.4 is 14.4 Å². The van der Waals surface area contributed by atoms with Crippen LogP contribution >= 0.6 is 11.6 Å². The van der Waals surface area contributed by atoms with Crippen LogP contribution in [0.3, 0.4) is 0 Å². The number of halogens is 1. The summed E-state index contributed by atoms with van der Waals surface area (Å²) in [5, 5.41) is 11.7. The number of fused-ring (bicyclic) bond motifs is 1. The van der Waals surface area contributed by atoms with Crippen molar-refractivity contribution >= 4 is 40.7 Å². The summed E-state index contributed by atoms with van der Waals surface area (Å²) < 4.78 is 10.9. The van der Waals surface area contributed by atoms with Crippen LogP contribution in [0, 0.1) is 10.1 Å². The highest BCUT2D eigenvalue weighted by Gasteiger charge is 2.58. The molecule has 0 saturated carbocycles. The summed E-state index contributed by atoms with van der Waals surface area (Å²) in [4.78, 5) is 53.1. The van der Waals surface area contributed by atoms with Crippen molar-refractivity contribution in [1.82, 2.24) is 4.90 Å². The van der Waals surface area contributed by atoms with E-state index in [4.69, 9.17) is 21.1 Å². The molecule has 0 aliphatic carbocycles. The zero-order valence-corrected chi connectivity index (χ0v) is 19.8. The number of hydrogen-bond acceptors (Lipinski definition) is 7. The lowest BCUT2D eigenvalue weighted by Gasteiger charge is -2.50. The van der Waals surface area contributed by atoms with Gasteiger partial charge in [-0.15, -0.1) is 0 Å². The van der Waals surface area contributed by atoms with Gasteiger partial charge in [0.1, 0.15) is 17.5 Å². The molecule has 0 radical (unpaired) electrons. The Kier molecular flexibility index (Phi) is 5.60. The fourth-order valence-corrected chi connectivity index (χ4v) is 4.73. The van der Waals surface area contributed by atoms with E-state index in [1.807, 2.05) is 0 Å². The Morgan fingerprint density at radius 2 is 1.53 bits per heavy atom. The molecular formula is C25H18ClN3O7. The number of methoxy groups -OCH3 is 2. The molecule has 0 N–H and O–H groups in total. The molecular weight excluding hydrogens is 490 g/mol.